The molecule has 2 atom stereocenters. The smallest absolute Gasteiger partial charge is 0.253 e. The highest BCUT2D eigenvalue weighted by atomic mass is 19.1. The maximum atomic E-state index is 13.7. The number of benzene rings is 2. The lowest BCUT2D eigenvalue weighted by atomic mass is 9.82. The molecule has 2 aliphatic rings. The number of amides is 1. The van der Waals surface area contributed by atoms with Crippen molar-refractivity contribution in [2.24, 2.45) is 0 Å². The quantitative estimate of drug-likeness (QED) is 0.705. The Morgan fingerprint density at radius 2 is 2.00 bits per heavy atom. The highest BCUT2D eigenvalue weighted by Gasteiger charge is 2.51. The summed E-state index contributed by atoms with van der Waals surface area (Å²) in [6.07, 6.45) is 0.229. The first-order chi connectivity index (χ1) is 14.7. The number of nitrogens with zero attached hydrogens (tertiary/aromatic N) is 1. The van der Waals surface area contributed by atoms with Gasteiger partial charge >= 0.3 is 0 Å². The predicted molar refractivity (Wildman–Crippen MR) is 111 cm³/mol. The summed E-state index contributed by atoms with van der Waals surface area (Å²) in [4.78, 5) is 14.9. The Morgan fingerprint density at radius 1 is 1.26 bits per heavy atom. The Balaban J connectivity index is 1.47. The topological polar surface area (TPSA) is 48.0 Å². The van der Waals surface area contributed by atoms with Crippen LogP contribution in [0.15, 0.2) is 42.5 Å². The molecule has 1 amide bonds. The zero-order chi connectivity index (χ0) is 22.2. The monoisotopic (exact) mass is 431 g/mol. The SMILES string of the molecule is Cc1cc(C(=O)N2CC[C@@]3(c4ccc(F)cc4)OCO[C@@H]3C2)ccc1OCC(C)(C)F. The first-order valence-corrected chi connectivity index (χ1v) is 10.4. The van der Waals surface area contributed by atoms with Crippen LogP contribution < -0.4 is 4.74 Å². The third-order valence-electron chi connectivity index (χ3n) is 5.86. The number of ether oxygens (including phenoxy) is 3. The molecule has 0 aromatic heterocycles. The van der Waals surface area contributed by atoms with Gasteiger partial charge in [-0.05, 0) is 62.2 Å². The minimum Gasteiger partial charge on any atom is -0.490 e. The highest BCUT2D eigenvalue weighted by molar-refractivity contribution is 5.94. The molecule has 0 N–H and O–H groups in total. The molecule has 0 aliphatic carbocycles. The summed E-state index contributed by atoms with van der Waals surface area (Å²) in [5.74, 6) is 0.147. The van der Waals surface area contributed by atoms with Crippen LogP contribution in [0, 0.1) is 12.7 Å². The normalized spacial score (nSPS) is 23.5. The zero-order valence-electron chi connectivity index (χ0n) is 18.0. The van der Waals surface area contributed by atoms with Crippen LogP contribution in [0.1, 0.15) is 41.8 Å². The number of carbonyl (C=O) groups is 1. The first-order valence-electron chi connectivity index (χ1n) is 10.4. The van der Waals surface area contributed by atoms with Crippen molar-refractivity contribution in [2.75, 3.05) is 26.5 Å². The minimum atomic E-state index is -1.44. The number of likely N-dealkylation sites (tertiary alicyclic amines) is 1. The van der Waals surface area contributed by atoms with E-state index in [2.05, 4.69) is 0 Å². The Labute approximate surface area is 180 Å². The van der Waals surface area contributed by atoms with E-state index in [-0.39, 0.29) is 31.2 Å². The van der Waals surface area contributed by atoms with Gasteiger partial charge in [-0.3, -0.25) is 4.79 Å². The van der Waals surface area contributed by atoms with E-state index in [9.17, 15) is 13.6 Å². The number of hydrogen-bond acceptors (Lipinski definition) is 4. The van der Waals surface area contributed by atoms with Crippen molar-refractivity contribution in [1.82, 2.24) is 4.90 Å². The van der Waals surface area contributed by atoms with E-state index in [4.69, 9.17) is 14.2 Å². The number of hydrogen-bond donors (Lipinski definition) is 0. The number of rotatable bonds is 5. The van der Waals surface area contributed by atoms with Crippen LogP contribution in [0.4, 0.5) is 8.78 Å². The lowest BCUT2D eigenvalue weighted by Gasteiger charge is -2.42. The second-order valence-electron chi connectivity index (χ2n) is 8.80. The van der Waals surface area contributed by atoms with E-state index >= 15 is 0 Å². The van der Waals surface area contributed by atoms with Crippen LogP contribution in [0.2, 0.25) is 0 Å². The van der Waals surface area contributed by atoms with Gasteiger partial charge in [-0.1, -0.05) is 12.1 Å². The Morgan fingerprint density at radius 3 is 2.68 bits per heavy atom. The second kappa shape index (κ2) is 8.20. The highest BCUT2D eigenvalue weighted by Crippen LogP contribution is 2.42. The van der Waals surface area contributed by atoms with Crippen LogP contribution >= 0.6 is 0 Å². The molecule has 7 heteroatoms. The number of halogens is 2. The van der Waals surface area contributed by atoms with Gasteiger partial charge in [-0.25, -0.2) is 8.78 Å². The maximum absolute atomic E-state index is 13.7. The van der Waals surface area contributed by atoms with Crippen molar-refractivity contribution in [3.8, 4) is 5.75 Å². The molecular formula is C24H27F2NO4. The van der Waals surface area contributed by atoms with E-state index in [1.807, 2.05) is 6.92 Å². The molecule has 0 spiro atoms. The van der Waals surface area contributed by atoms with Crippen LogP contribution in [0.25, 0.3) is 0 Å². The standard InChI is InChI=1S/C24H27F2NO4/c1-16-12-17(4-9-20(16)29-14-23(2,3)26)22(28)27-11-10-24(21(13-27)30-15-31-24)18-5-7-19(25)8-6-18/h4-9,12,21H,10-11,13-15H2,1-3H3/t21-,24+/m1/s1. The zero-order valence-corrected chi connectivity index (χ0v) is 18.0. The van der Waals surface area contributed by atoms with Gasteiger partial charge < -0.3 is 19.1 Å². The van der Waals surface area contributed by atoms with Gasteiger partial charge in [0.1, 0.15) is 42.3 Å². The van der Waals surface area contributed by atoms with E-state index < -0.39 is 11.3 Å². The van der Waals surface area contributed by atoms with Crippen molar-refractivity contribution in [3.05, 3.63) is 65.0 Å². The fourth-order valence-corrected chi connectivity index (χ4v) is 4.18. The molecular weight excluding hydrogens is 404 g/mol. The molecule has 0 saturated carbocycles. The number of alkyl halides is 1. The van der Waals surface area contributed by atoms with Crippen LogP contribution in [-0.4, -0.2) is 49.1 Å². The lowest BCUT2D eigenvalue weighted by molar-refractivity contribution is -0.0439. The van der Waals surface area contributed by atoms with Gasteiger partial charge in [0, 0.05) is 18.5 Å². The van der Waals surface area contributed by atoms with Crippen molar-refractivity contribution in [2.45, 2.75) is 44.6 Å². The molecule has 5 nitrogen and oxygen atoms in total. The molecule has 2 fully saturated rings. The molecule has 2 aliphatic heterocycles. The summed E-state index contributed by atoms with van der Waals surface area (Å²) in [5, 5.41) is 0. The fraction of sp³-hybridized carbons (Fsp3) is 0.458. The number of aryl methyl sites for hydroxylation is 1. The van der Waals surface area contributed by atoms with Crippen LogP contribution in [0.5, 0.6) is 5.75 Å². The predicted octanol–water partition coefficient (Wildman–Crippen LogP) is 4.38. The Bertz CT molecular complexity index is 957. The Hall–Kier alpha value is -2.51. The summed E-state index contributed by atoms with van der Waals surface area (Å²) in [5.41, 5.74) is 0.0641. The third kappa shape index (κ3) is 4.43. The number of carbonyl (C=O) groups excluding carboxylic acids is 1. The van der Waals surface area contributed by atoms with Crippen molar-refractivity contribution in [1.29, 1.82) is 0 Å². The van der Waals surface area contributed by atoms with Gasteiger partial charge in [0.2, 0.25) is 0 Å². The summed E-state index contributed by atoms with van der Waals surface area (Å²) in [6.45, 7) is 5.70. The van der Waals surface area contributed by atoms with Crippen molar-refractivity contribution < 1.29 is 27.8 Å². The van der Waals surface area contributed by atoms with Crippen molar-refractivity contribution >= 4 is 5.91 Å². The molecule has 2 heterocycles. The van der Waals surface area contributed by atoms with Gasteiger partial charge in [0.05, 0.1) is 6.54 Å². The minimum absolute atomic E-state index is 0.0578. The summed E-state index contributed by atoms with van der Waals surface area (Å²) >= 11 is 0. The summed E-state index contributed by atoms with van der Waals surface area (Å²) < 4.78 is 44.4. The number of fused-ring (bicyclic) bond motifs is 1. The van der Waals surface area contributed by atoms with Gasteiger partial charge in [-0.15, -0.1) is 0 Å². The van der Waals surface area contributed by atoms with Gasteiger partial charge in [0.25, 0.3) is 5.91 Å². The Kier molecular flexibility index (Phi) is 5.75. The van der Waals surface area contributed by atoms with Crippen LogP contribution in [-0.2, 0) is 15.1 Å². The van der Waals surface area contributed by atoms with Crippen molar-refractivity contribution in [3.63, 3.8) is 0 Å². The first kappa shape index (κ1) is 21.7. The fourth-order valence-electron chi connectivity index (χ4n) is 4.18. The maximum Gasteiger partial charge on any atom is 0.253 e. The molecule has 4 rings (SSSR count). The van der Waals surface area contributed by atoms with E-state index in [0.29, 0.717) is 30.8 Å². The average molecular weight is 431 g/mol. The lowest BCUT2D eigenvalue weighted by Crippen LogP contribution is -2.53. The summed E-state index contributed by atoms with van der Waals surface area (Å²) in [7, 11) is 0. The second-order valence-corrected chi connectivity index (χ2v) is 8.80. The van der Waals surface area contributed by atoms with Crippen LogP contribution in [0.3, 0.4) is 0 Å². The molecule has 2 saturated heterocycles. The molecule has 2 aromatic carbocycles. The van der Waals surface area contributed by atoms with E-state index in [0.717, 1.165) is 11.1 Å². The molecule has 0 bridgehead atoms. The van der Waals surface area contributed by atoms with E-state index in [1.54, 1.807) is 35.2 Å². The van der Waals surface area contributed by atoms with Gasteiger partial charge in [0.15, 0.2) is 0 Å². The molecule has 0 radical (unpaired) electrons. The molecule has 0 unspecified atom stereocenters. The molecule has 166 valence electrons. The molecule has 31 heavy (non-hydrogen) atoms. The van der Waals surface area contributed by atoms with Gasteiger partial charge in [-0.2, -0.15) is 0 Å². The molecule has 2 aromatic rings. The summed E-state index contributed by atoms with van der Waals surface area (Å²) in [6, 6.07) is 11.4. The van der Waals surface area contributed by atoms with E-state index in [1.165, 1.54) is 26.0 Å². The average Bonchev–Trinajstić information content (AvgIpc) is 3.16. The largest absolute Gasteiger partial charge is 0.490 e. The number of piperidine rings is 1. The third-order valence-corrected chi connectivity index (χ3v) is 5.86.